The third-order valence-electron chi connectivity index (χ3n) is 7.35. The lowest BCUT2D eigenvalue weighted by molar-refractivity contribution is -0.132. The number of aromatic nitrogens is 2. The Bertz CT molecular complexity index is 1090. The molecule has 3 heterocycles. The lowest BCUT2D eigenvalue weighted by atomic mass is 9.93. The standard InChI is InChI=1S/C27H35N5OS/c1-2-30-16-18-31(19-17-30)25(33)14-15-32(21-9-4-3-5-10-21)27-22-11-6-7-12-23(22)28-26(29-27)24-13-8-20-34-24/h6-8,11-13,20-21H,2-5,9-10,14-19H2,1H3. The van der Waals surface area contributed by atoms with Crippen molar-refractivity contribution >= 4 is 34.0 Å². The summed E-state index contributed by atoms with van der Waals surface area (Å²) >= 11 is 1.67. The first-order valence-electron chi connectivity index (χ1n) is 12.8. The van der Waals surface area contributed by atoms with Gasteiger partial charge in [0, 0.05) is 50.6 Å². The number of fused-ring (bicyclic) bond motifs is 1. The minimum absolute atomic E-state index is 0.272. The van der Waals surface area contributed by atoms with Gasteiger partial charge in [-0.05, 0) is 43.0 Å². The molecule has 1 aliphatic carbocycles. The number of para-hydroxylation sites is 1. The molecule has 1 saturated carbocycles. The van der Waals surface area contributed by atoms with Crippen molar-refractivity contribution < 1.29 is 4.79 Å². The monoisotopic (exact) mass is 477 g/mol. The van der Waals surface area contributed by atoms with E-state index in [4.69, 9.17) is 9.97 Å². The average molecular weight is 478 g/mol. The van der Waals surface area contributed by atoms with Gasteiger partial charge in [0.25, 0.3) is 0 Å². The van der Waals surface area contributed by atoms with Crippen LogP contribution in [0.1, 0.15) is 45.4 Å². The molecule has 2 aromatic heterocycles. The number of likely N-dealkylation sites (N-methyl/N-ethyl adjacent to an activating group) is 1. The van der Waals surface area contributed by atoms with Crippen LogP contribution in [0.2, 0.25) is 0 Å². The van der Waals surface area contributed by atoms with Gasteiger partial charge >= 0.3 is 0 Å². The topological polar surface area (TPSA) is 52.6 Å². The molecule has 1 saturated heterocycles. The Balaban J connectivity index is 1.43. The summed E-state index contributed by atoms with van der Waals surface area (Å²) in [5.41, 5.74) is 0.971. The van der Waals surface area contributed by atoms with E-state index in [9.17, 15) is 4.79 Å². The van der Waals surface area contributed by atoms with E-state index >= 15 is 0 Å². The van der Waals surface area contributed by atoms with Gasteiger partial charge in [0.05, 0.1) is 10.4 Å². The van der Waals surface area contributed by atoms with Gasteiger partial charge in [-0.2, -0.15) is 0 Å². The number of hydrogen-bond donors (Lipinski definition) is 0. The van der Waals surface area contributed by atoms with E-state index < -0.39 is 0 Å². The first kappa shape index (κ1) is 23.2. The molecule has 1 aliphatic heterocycles. The molecule has 6 nitrogen and oxygen atoms in total. The van der Waals surface area contributed by atoms with Crippen LogP contribution in [0.5, 0.6) is 0 Å². The van der Waals surface area contributed by atoms with Crippen molar-refractivity contribution in [3.8, 4) is 10.7 Å². The summed E-state index contributed by atoms with van der Waals surface area (Å²) in [4.78, 5) is 31.2. The Morgan fingerprint density at radius 1 is 1.03 bits per heavy atom. The Kier molecular flexibility index (Phi) is 7.40. The summed E-state index contributed by atoms with van der Waals surface area (Å²) in [7, 11) is 0. The maximum absolute atomic E-state index is 13.2. The fourth-order valence-electron chi connectivity index (χ4n) is 5.34. The maximum atomic E-state index is 13.2. The van der Waals surface area contributed by atoms with Crippen LogP contribution >= 0.6 is 11.3 Å². The second-order valence-corrected chi connectivity index (χ2v) is 10.4. The zero-order valence-electron chi connectivity index (χ0n) is 20.2. The van der Waals surface area contributed by atoms with Crippen LogP contribution in [-0.2, 0) is 4.79 Å². The second-order valence-electron chi connectivity index (χ2n) is 9.42. The number of nitrogens with zero attached hydrogens (tertiary/aromatic N) is 5. The van der Waals surface area contributed by atoms with Gasteiger partial charge in [0.1, 0.15) is 5.82 Å². The molecule has 180 valence electrons. The molecule has 1 amide bonds. The number of piperazine rings is 1. The van der Waals surface area contributed by atoms with Crippen molar-refractivity contribution in [2.24, 2.45) is 0 Å². The summed E-state index contributed by atoms with van der Waals surface area (Å²) < 4.78 is 0. The molecule has 0 N–H and O–H groups in total. The van der Waals surface area contributed by atoms with Crippen LogP contribution in [-0.4, -0.2) is 71.0 Å². The van der Waals surface area contributed by atoms with E-state index in [2.05, 4.69) is 51.3 Å². The molecule has 0 bridgehead atoms. The largest absolute Gasteiger partial charge is 0.352 e. The van der Waals surface area contributed by atoms with Crippen molar-refractivity contribution in [1.82, 2.24) is 19.8 Å². The highest BCUT2D eigenvalue weighted by Gasteiger charge is 2.27. The van der Waals surface area contributed by atoms with Gasteiger partial charge < -0.3 is 14.7 Å². The average Bonchev–Trinajstić information content (AvgIpc) is 3.44. The minimum atomic E-state index is 0.272. The highest BCUT2D eigenvalue weighted by atomic mass is 32.1. The number of carbonyl (C=O) groups excluding carboxylic acids is 1. The molecular weight excluding hydrogens is 442 g/mol. The number of rotatable bonds is 7. The second kappa shape index (κ2) is 10.8. The number of carbonyl (C=O) groups is 1. The van der Waals surface area contributed by atoms with Gasteiger partial charge in [-0.15, -0.1) is 11.3 Å². The van der Waals surface area contributed by atoms with Gasteiger partial charge in [0.2, 0.25) is 5.91 Å². The third kappa shape index (κ3) is 5.10. The fraction of sp³-hybridized carbons (Fsp3) is 0.519. The zero-order valence-corrected chi connectivity index (χ0v) is 21.0. The number of hydrogen-bond acceptors (Lipinski definition) is 6. The predicted octanol–water partition coefficient (Wildman–Crippen LogP) is 5.05. The minimum Gasteiger partial charge on any atom is -0.352 e. The molecule has 0 unspecified atom stereocenters. The molecule has 2 aliphatic rings. The van der Waals surface area contributed by atoms with Crippen LogP contribution in [0.3, 0.4) is 0 Å². The van der Waals surface area contributed by atoms with E-state index in [1.54, 1.807) is 11.3 Å². The van der Waals surface area contributed by atoms with Gasteiger partial charge in [-0.1, -0.05) is 44.4 Å². The molecule has 5 rings (SSSR count). The summed E-state index contributed by atoms with van der Waals surface area (Å²) in [5, 5.41) is 3.15. The van der Waals surface area contributed by atoms with Crippen LogP contribution < -0.4 is 4.90 Å². The SMILES string of the molecule is CCN1CCN(C(=O)CCN(c2nc(-c3cccs3)nc3ccccc23)C2CCCCC2)CC1. The highest BCUT2D eigenvalue weighted by molar-refractivity contribution is 7.13. The molecular formula is C27H35N5OS. The van der Waals surface area contributed by atoms with E-state index in [-0.39, 0.29) is 5.91 Å². The fourth-order valence-corrected chi connectivity index (χ4v) is 5.99. The summed E-state index contributed by atoms with van der Waals surface area (Å²) in [6.45, 7) is 7.61. The molecule has 7 heteroatoms. The molecule has 1 aromatic carbocycles. The van der Waals surface area contributed by atoms with E-state index in [0.29, 0.717) is 19.0 Å². The molecule has 3 aromatic rings. The van der Waals surface area contributed by atoms with E-state index in [1.807, 2.05) is 12.1 Å². The maximum Gasteiger partial charge on any atom is 0.224 e. The van der Waals surface area contributed by atoms with E-state index in [1.165, 1.54) is 19.3 Å². The zero-order chi connectivity index (χ0) is 23.3. The number of thiophene rings is 1. The number of anilines is 1. The molecule has 0 spiro atoms. The summed E-state index contributed by atoms with van der Waals surface area (Å²) in [5.74, 6) is 2.05. The summed E-state index contributed by atoms with van der Waals surface area (Å²) in [6, 6.07) is 12.9. The lowest BCUT2D eigenvalue weighted by Crippen LogP contribution is -2.49. The smallest absolute Gasteiger partial charge is 0.224 e. The van der Waals surface area contributed by atoms with E-state index in [0.717, 1.165) is 73.0 Å². The molecule has 0 atom stereocenters. The van der Waals surface area contributed by atoms with Crippen LogP contribution in [0.4, 0.5) is 5.82 Å². The quantitative estimate of drug-likeness (QED) is 0.477. The Morgan fingerprint density at radius 3 is 2.56 bits per heavy atom. The van der Waals surface area contributed by atoms with Gasteiger partial charge in [-0.3, -0.25) is 4.79 Å². The third-order valence-corrected chi connectivity index (χ3v) is 8.22. The van der Waals surface area contributed by atoms with Crippen molar-refractivity contribution in [3.05, 3.63) is 41.8 Å². The molecule has 34 heavy (non-hydrogen) atoms. The Labute approximate surface area is 206 Å². The number of benzene rings is 1. The van der Waals surface area contributed by atoms with Gasteiger partial charge in [-0.25, -0.2) is 9.97 Å². The van der Waals surface area contributed by atoms with Gasteiger partial charge in [0.15, 0.2) is 5.82 Å². The molecule has 0 radical (unpaired) electrons. The van der Waals surface area contributed by atoms with Crippen molar-refractivity contribution in [3.63, 3.8) is 0 Å². The van der Waals surface area contributed by atoms with Crippen molar-refractivity contribution in [2.45, 2.75) is 51.5 Å². The Morgan fingerprint density at radius 2 is 1.82 bits per heavy atom. The predicted molar refractivity (Wildman–Crippen MR) is 140 cm³/mol. The number of amides is 1. The van der Waals surface area contributed by atoms with Crippen molar-refractivity contribution in [2.75, 3.05) is 44.2 Å². The van der Waals surface area contributed by atoms with Crippen LogP contribution in [0.25, 0.3) is 21.6 Å². The Hall–Kier alpha value is -2.51. The summed E-state index contributed by atoms with van der Waals surface area (Å²) in [6.07, 6.45) is 6.65. The first-order valence-corrected chi connectivity index (χ1v) is 13.7. The van der Waals surface area contributed by atoms with Crippen LogP contribution in [0, 0.1) is 0 Å². The first-order chi connectivity index (χ1) is 16.7. The molecule has 2 fully saturated rings. The normalized spacial score (nSPS) is 17.9. The van der Waals surface area contributed by atoms with Crippen molar-refractivity contribution in [1.29, 1.82) is 0 Å². The van der Waals surface area contributed by atoms with Crippen LogP contribution in [0.15, 0.2) is 41.8 Å². The lowest BCUT2D eigenvalue weighted by Gasteiger charge is -2.37. The highest BCUT2D eigenvalue weighted by Crippen LogP contribution is 2.33.